The Morgan fingerprint density at radius 2 is 2.11 bits per heavy atom. The predicted octanol–water partition coefficient (Wildman–Crippen LogP) is 3.89. The van der Waals surface area contributed by atoms with E-state index in [2.05, 4.69) is 4.98 Å². The molecule has 18 heavy (non-hydrogen) atoms. The van der Waals surface area contributed by atoms with Crippen molar-refractivity contribution in [3.63, 3.8) is 0 Å². The van der Waals surface area contributed by atoms with E-state index in [4.69, 9.17) is 16.7 Å². The molecule has 0 fully saturated rings. The van der Waals surface area contributed by atoms with Crippen molar-refractivity contribution in [3.05, 3.63) is 52.7 Å². The van der Waals surface area contributed by atoms with Crippen LogP contribution in [-0.2, 0) is 0 Å². The van der Waals surface area contributed by atoms with E-state index < -0.39 is 5.97 Å². The molecule has 0 bridgehead atoms. The number of rotatable bonds is 3. The first-order valence-corrected chi connectivity index (χ1v) is 6.40. The van der Waals surface area contributed by atoms with Crippen molar-refractivity contribution in [1.29, 1.82) is 0 Å². The number of carboxylic acid groups (broad SMARTS) is 1. The first kappa shape index (κ1) is 12.9. The Morgan fingerprint density at radius 3 is 2.72 bits per heavy atom. The molecule has 0 saturated carbocycles. The van der Waals surface area contributed by atoms with Crippen molar-refractivity contribution in [3.8, 4) is 0 Å². The first-order chi connectivity index (χ1) is 8.56. The van der Waals surface area contributed by atoms with Crippen LogP contribution in [0.1, 0.15) is 16.1 Å². The van der Waals surface area contributed by atoms with Gasteiger partial charge in [-0.2, -0.15) is 0 Å². The smallest absolute Gasteiger partial charge is 0.337 e. The van der Waals surface area contributed by atoms with Crippen LogP contribution in [0.2, 0.25) is 5.02 Å². The maximum atomic E-state index is 10.9. The molecular formula is C13H10ClNO2S. The van der Waals surface area contributed by atoms with Crippen LogP contribution < -0.4 is 0 Å². The van der Waals surface area contributed by atoms with E-state index in [-0.39, 0.29) is 5.56 Å². The van der Waals surface area contributed by atoms with Crippen LogP contribution in [0.4, 0.5) is 0 Å². The first-order valence-electron chi connectivity index (χ1n) is 5.20. The summed E-state index contributed by atoms with van der Waals surface area (Å²) in [7, 11) is 0. The highest BCUT2D eigenvalue weighted by atomic mass is 35.5. The molecule has 0 saturated heterocycles. The maximum absolute atomic E-state index is 10.9. The van der Waals surface area contributed by atoms with E-state index in [1.807, 2.05) is 18.2 Å². The lowest BCUT2D eigenvalue weighted by Crippen LogP contribution is -2.01. The summed E-state index contributed by atoms with van der Waals surface area (Å²) in [5.41, 5.74) is 0.736. The highest BCUT2D eigenvalue weighted by molar-refractivity contribution is 7.99. The Labute approximate surface area is 114 Å². The molecule has 2 aromatic rings. The average molecular weight is 280 g/mol. The monoisotopic (exact) mass is 279 g/mol. The number of carbonyl (C=O) groups is 1. The van der Waals surface area contributed by atoms with Crippen molar-refractivity contribution in [2.24, 2.45) is 0 Å². The number of aromatic nitrogens is 1. The predicted molar refractivity (Wildman–Crippen MR) is 71.5 cm³/mol. The number of hydrogen-bond acceptors (Lipinski definition) is 3. The summed E-state index contributed by atoms with van der Waals surface area (Å²) in [6.45, 7) is 1.69. The maximum Gasteiger partial charge on any atom is 0.337 e. The molecule has 5 heteroatoms. The number of benzene rings is 1. The van der Waals surface area contributed by atoms with Crippen LogP contribution in [0.5, 0.6) is 0 Å². The third-order valence-corrected chi connectivity index (χ3v) is 3.47. The lowest BCUT2D eigenvalue weighted by atomic mass is 10.2. The largest absolute Gasteiger partial charge is 0.478 e. The average Bonchev–Trinajstić information content (AvgIpc) is 2.28. The number of aryl methyl sites for hydroxylation is 1. The second-order valence-electron chi connectivity index (χ2n) is 3.65. The molecule has 1 aromatic carbocycles. The van der Waals surface area contributed by atoms with Gasteiger partial charge in [-0.1, -0.05) is 29.4 Å². The molecule has 0 amide bonds. The van der Waals surface area contributed by atoms with Crippen LogP contribution in [0.3, 0.4) is 0 Å². The number of nitrogens with zero attached hydrogens (tertiary/aromatic N) is 1. The molecule has 0 aliphatic carbocycles. The molecule has 0 radical (unpaired) electrons. The van der Waals surface area contributed by atoms with Gasteiger partial charge in [0, 0.05) is 9.92 Å². The second kappa shape index (κ2) is 5.42. The molecule has 1 N–H and O–H groups in total. The third-order valence-electron chi connectivity index (χ3n) is 2.31. The molecule has 92 valence electrons. The quantitative estimate of drug-likeness (QED) is 0.926. The van der Waals surface area contributed by atoms with Gasteiger partial charge in [-0.15, -0.1) is 0 Å². The highest BCUT2D eigenvalue weighted by Gasteiger charge is 2.09. The highest BCUT2D eigenvalue weighted by Crippen LogP contribution is 2.28. The standard InChI is InChI=1S/C13H10ClNO2S/c1-8-11(13(16)17)5-6-12(15-8)18-10-4-2-3-9(14)7-10/h2-7H,1H3,(H,16,17). The summed E-state index contributed by atoms with van der Waals surface area (Å²) in [6, 6.07) is 10.7. The minimum Gasteiger partial charge on any atom is -0.478 e. The van der Waals surface area contributed by atoms with Crippen LogP contribution in [0.25, 0.3) is 0 Å². The van der Waals surface area contributed by atoms with Crippen molar-refractivity contribution in [1.82, 2.24) is 4.98 Å². The number of carboxylic acids is 1. The van der Waals surface area contributed by atoms with E-state index in [9.17, 15) is 4.79 Å². The summed E-state index contributed by atoms with van der Waals surface area (Å²) in [6.07, 6.45) is 0. The molecule has 0 aliphatic heterocycles. The number of aromatic carboxylic acids is 1. The van der Waals surface area contributed by atoms with Gasteiger partial charge >= 0.3 is 5.97 Å². The lowest BCUT2D eigenvalue weighted by Gasteiger charge is -2.04. The number of hydrogen-bond donors (Lipinski definition) is 1. The molecular weight excluding hydrogens is 270 g/mol. The van der Waals surface area contributed by atoms with Gasteiger partial charge in [0.15, 0.2) is 0 Å². The Kier molecular flexibility index (Phi) is 3.89. The van der Waals surface area contributed by atoms with Crippen molar-refractivity contribution >= 4 is 29.3 Å². The van der Waals surface area contributed by atoms with Crippen LogP contribution in [0, 0.1) is 6.92 Å². The molecule has 2 rings (SSSR count). The Bertz CT molecular complexity index is 601. The third kappa shape index (κ3) is 3.03. The van der Waals surface area contributed by atoms with Gasteiger partial charge in [-0.3, -0.25) is 0 Å². The van der Waals surface area contributed by atoms with Crippen LogP contribution in [0.15, 0.2) is 46.3 Å². The van der Waals surface area contributed by atoms with E-state index >= 15 is 0 Å². The zero-order chi connectivity index (χ0) is 13.1. The fourth-order valence-corrected chi connectivity index (χ4v) is 2.62. The summed E-state index contributed by atoms with van der Waals surface area (Å²) < 4.78 is 0. The summed E-state index contributed by atoms with van der Waals surface area (Å²) >= 11 is 7.35. The molecule has 0 atom stereocenters. The Balaban J connectivity index is 2.25. The molecule has 0 aliphatic rings. The summed E-state index contributed by atoms with van der Waals surface area (Å²) in [5, 5.41) is 10.3. The van der Waals surface area contributed by atoms with Gasteiger partial charge in [0.05, 0.1) is 11.3 Å². The van der Waals surface area contributed by atoms with Crippen molar-refractivity contribution in [2.45, 2.75) is 16.8 Å². The molecule has 0 unspecified atom stereocenters. The minimum absolute atomic E-state index is 0.227. The Morgan fingerprint density at radius 1 is 1.33 bits per heavy atom. The summed E-state index contributed by atoms with van der Waals surface area (Å²) in [5.74, 6) is -0.959. The van der Waals surface area contributed by atoms with Gasteiger partial charge in [0.2, 0.25) is 0 Å². The normalized spacial score (nSPS) is 10.3. The van der Waals surface area contributed by atoms with Crippen molar-refractivity contribution < 1.29 is 9.90 Å². The van der Waals surface area contributed by atoms with E-state index in [0.717, 1.165) is 9.92 Å². The zero-order valence-electron chi connectivity index (χ0n) is 9.55. The number of halogens is 1. The van der Waals surface area contributed by atoms with Gasteiger partial charge in [0.25, 0.3) is 0 Å². The molecule has 1 aromatic heterocycles. The molecule has 1 heterocycles. The van der Waals surface area contributed by atoms with Gasteiger partial charge in [0.1, 0.15) is 5.03 Å². The minimum atomic E-state index is -0.959. The van der Waals surface area contributed by atoms with E-state index in [1.54, 1.807) is 25.1 Å². The van der Waals surface area contributed by atoms with E-state index in [0.29, 0.717) is 10.7 Å². The fraction of sp³-hybridized carbons (Fsp3) is 0.0769. The van der Waals surface area contributed by atoms with Gasteiger partial charge in [-0.05, 0) is 37.3 Å². The zero-order valence-corrected chi connectivity index (χ0v) is 11.1. The Hall–Kier alpha value is -1.52. The lowest BCUT2D eigenvalue weighted by molar-refractivity contribution is 0.0695. The topological polar surface area (TPSA) is 50.2 Å². The van der Waals surface area contributed by atoms with Gasteiger partial charge < -0.3 is 5.11 Å². The van der Waals surface area contributed by atoms with Gasteiger partial charge in [-0.25, -0.2) is 9.78 Å². The number of pyridine rings is 1. The molecule has 3 nitrogen and oxygen atoms in total. The summed E-state index contributed by atoms with van der Waals surface area (Å²) in [4.78, 5) is 16.1. The van der Waals surface area contributed by atoms with E-state index in [1.165, 1.54) is 11.8 Å². The SMILES string of the molecule is Cc1nc(Sc2cccc(Cl)c2)ccc1C(=O)O. The van der Waals surface area contributed by atoms with Crippen molar-refractivity contribution in [2.75, 3.05) is 0 Å². The fourth-order valence-electron chi connectivity index (χ4n) is 1.47. The van der Waals surface area contributed by atoms with Crippen LogP contribution in [-0.4, -0.2) is 16.1 Å². The van der Waals surface area contributed by atoms with Crippen LogP contribution >= 0.6 is 23.4 Å². The molecule has 0 spiro atoms. The second-order valence-corrected chi connectivity index (χ2v) is 5.18.